The molecule has 0 radical (unpaired) electrons. The van der Waals surface area contributed by atoms with Crippen LogP contribution in [0.2, 0.25) is 0 Å². The SMILES string of the molecule is CC(C)c1ccc(C(=O)N2CCN(CC#N)CC2)cc1. The highest BCUT2D eigenvalue weighted by Crippen LogP contribution is 2.16. The molecule has 1 amide bonds. The van der Waals surface area contributed by atoms with Gasteiger partial charge < -0.3 is 4.90 Å². The maximum absolute atomic E-state index is 12.4. The second kappa shape index (κ2) is 6.53. The van der Waals surface area contributed by atoms with Crippen LogP contribution in [0.1, 0.15) is 35.7 Å². The van der Waals surface area contributed by atoms with Crippen LogP contribution in [0.25, 0.3) is 0 Å². The molecule has 1 aliphatic heterocycles. The third kappa shape index (κ3) is 3.37. The number of nitrogens with zero attached hydrogens (tertiary/aromatic N) is 3. The number of piperazine rings is 1. The van der Waals surface area contributed by atoms with E-state index >= 15 is 0 Å². The number of amides is 1. The molecular formula is C16H21N3O. The van der Waals surface area contributed by atoms with Crippen LogP contribution < -0.4 is 0 Å². The largest absolute Gasteiger partial charge is 0.336 e. The van der Waals surface area contributed by atoms with Crippen molar-refractivity contribution in [3.05, 3.63) is 35.4 Å². The summed E-state index contributed by atoms with van der Waals surface area (Å²) < 4.78 is 0. The lowest BCUT2D eigenvalue weighted by Gasteiger charge is -2.33. The van der Waals surface area contributed by atoms with Crippen LogP contribution in [0.5, 0.6) is 0 Å². The van der Waals surface area contributed by atoms with E-state index < -0.39 is 0 Å². The van der Waals surface area contributed by atoms with E-state index in [1.54, 1.807) is 0 Å². The first-order valence-corrected chi connectivity index (χ1v) is 7.10. The molecule has 0 aromatic heterocycles. The minimum absolute atomic E-state index is 0.0944. The van der Waals surface area contributed by atoms with Gasteiger partial charge in [-0.2, -0.15) is 5.26 Å². The summed E-state index contributed by atoms with van der Waals surface area (Å²) in [6.07, 6.45) is 0. The van der Waals surface area contributed by atoms with E-state index in [-0.39, 0.29) is 5.91 Å². The zero-order valence-electron chi connectivity index (χ0n) is 12.2. The highest BCUT2D eigenvalue weighted by atomic mass is 16.2. The van der Waals surface area contributed by atoms with Gasteiger partial charge in [-0.1, -0.05) is 26.0 Å². The summed E-state index contributed by atoms with van der Waals surface area (Å²) >= 11 is 0. The van der Waals surface area contributed by atoms with Crippen molar-refractivity contribution < 1.29 is 4.79 Å². The number of hydrogen-bond donors (Lipinski definition) is 0. The monoisotopic (exact) mass is 271 g/mol. The number of nitriles is 1. The highest BCUT2D eigenvalue weighted by Gasteiger charge is 2.21. The highest BCUT2D eigenvalue weighted by molar-refractivity contribution is 5.94. The maximum atomic E-state index is 12.4. The number of hydrogen-bond acceptors (Lipinski definition) is 3. The van der Waals surface area contributed by atoms with Gasteiger partial charge in [0.25, 0.3) is 5.91 Å². The van der Waals surface area contributed by atoms with Gasteiger partial charge in [0.05, 0.1) is 12.6 Å². The number of benzene rings is 1. The molecule has 20 heavy (non-hydrogen) atoms. The summed E-state index contributed by atoms with van der Waals surface area (Å²) in [5.41, 5.74) is 2.00. The normalized spacial score (nSPS) is 16.2. The fraction of sp³-hybridized carbons (Fsp3) is 0.500. The Hall–Kier alpha value is -1.86. The van der Waals surface area contributed by atoms with Crippen molar-refractivity contribution >= 4 is 5.91 Å². The average molecular weight is 271 g/mol. The number of carbonyl (C=O) groups is 1. The zero-order chi connectivity index (χ0) is 14.5. The molecule has 0 atom stereocenters. The van der Waals surface area contributed by atoms with Gasteiger partial charge in [-0.25, -0.2) is 0 Å². The Labute approximate surface area is 120 Å². The molecule has 4 nitrogen and oxygen atoms in total. The van der Waals surface area contributed by atoms with Crippen molar-refractivity contribution in [1.82, 2.24) is 9.80 Å². The second-order valence-electron chi connectivity index (χ2n) is 5.50. The van der Waals surface area contributed by atoms with Crippen LogP contribution in [-0.2, 0) is 0 Å². The van der Waals surface area contributed by atoms with E-state index in [2.05, 4.69) is 24.8 Å². The fourth-order valence-corrected chi connectivity index (χ4v) is 2.40. The van der Waals surface area contributed by atoms with Crippen LogP contribution in [0, 0.1) is 11.3 Å². The van der Waals surface area contributed by atoms with Crippen molar-refractivity contribution in [3.8, 4) is 6.07 Å². The van der Waals surface area contributed by atoms with Crippen molar-refractivity contribution in [2.75, 3.05) is 32.7 Å². The Kier molecular flexibility index (Phi) is 4.75. The first-order valence-electron chi connectivity index (χ1n) is 7.10. The van der Waals surface area contributed by atoms with Gasteiger partial charge in [0.15, 0.2) is 0 Å². The second-order valence-corrected chi connectivity index (χ2v) is 5.50. The first kappa shape index (κ1) is 14.5. The van der Waals surface area contributed by atoms with Crippen LogP contribution in [-0.4, -0.2) is 48.4 Å². The molecule has 1 aromatic carbocycles. The minimum Gasteiger partial charge on any atom is -0.336 e. The van der Waals surface area contributed by atoms with Crippen LogP contribution in [0.15, 0.2) is 24.3 Å². The molecule has 1 fully saturated rings. The molecule has 0 bridgehead atoms. The molecule has 106 valence electrons. The quantitative estimate of drug-likeness (QED) is 0.791. The minimum atomic E-state index is 0.0944. The summed E-state index contributed by atoms with van der Waals surface area (Å²) in [5.74, 6) is 0.575. The lowest BCUT2D eigenvalue weighted by atomic mass is 10.0. The summed E-state index contributed by atoms with van der Waals surface area (Å²) in [6.45, 7) is 7.70. The Morgan fingerprint density at radius 1 is 1.20 bits per heavy atom. The Morgan fingerprint density at radius 2 is 1.80 bits per heavy atom. The molecular weight excluding hydrogens is 250 g/mol. The Balaban J connectivity index is 1.97. The Bertz CT molecular complexity index is 493. The topological polar surface area (TPSA) is 47.3 Å². The smallest absolute Gasteiger partial charge is 0.253 e. The zero-order valence-corrected chi connectivity index (χ0v) is 12.2. The summed E-state index contributed by atoms with van der Waals surface area (Å²) in [4.78, 5) is 16.3. The molecule has 1 aliphatic rings. The standard InChI is InChI=1S/C16H21N3O/c1-13(2)14-3-5-15(6-4-14)16(20)19-11-9-18(8-7-17)10-12-19/h3-6,13H,8-12H2,1-2H3. The van der Waals surface area contributed by atoms with Gasteiger partial charge in [-0.05, 0) is 23.6 Å². The lowest BCUT2D eigenvalue weighted by molar-refractivity contribution is 0.0652. The molecule has 1 aromatic rings. The summed E-state index contributed by atoms with van der Waals surface area (Å²) in [6, 6.07) is 10.0. The molecule has 0 aliphatic carbocycles. The van der Waals surface area contributed by atoms with Gasteiger partial charge in [-0.15, -0.1) is 0 Å². The van der Waals surface area contributed by atoms with Crippen molar-refractivity contribution in [2.24, 2.45) is 0 Å². The molecule has 2 rings (SSSR count). The predicted molar refractivity (Wildman–Crippen MR) is 78.5 cm³/mol. The lowest BCUT2D eigenvalue weighted by Crippen LogP contribution is -2.48. The van der Waals surface area contributed by atoms with E-state index in [9.17, 15) is 4.79 Å². The average Bonchev–Trinajstić information content (AvgIpc) is 2.48. The van der Waals surface area contributed by atoms with E-state index in [0.29, 0.717) is 25.6 Å². The van der Waals surface area contributed by atoms with E-state index in [1.807, 2.05) is 29.2 Å². The van der Waals surface area contributed by atoms with Crippen LogP contribution in [0.4, 0.5) is 0 Å². The molecule has 1 heterocycles. The Morgan fingerprint density at radius 3 is 2.30 bits per heavy atom. The third-order valence-electron chi connectivity index (χ3n) is 3.78. The van der Waals surface area contributed by atoms with Gasteiger partial charge in [0.2, 0.25) is 0 Å². The molecule has 0 unspecified atom stereocenters. The van der Waals surface area contributed by atoms with Gasteiger partial charge in [0.1, 0.15) is 0 Å². The van der Waals surface area contributed by atoms with Gasteiger partial charge in [-0.3, -0.25) is 9.69 Å². The van der Waals surface area contributed by atoms with E-state index in [0.717, 1.165) is 18.7 Å². The molecule has 1 saturated heterocycles. The first-order chi connectivity index (χ1) is 9.61. The summed E-state index contributed by atoms with van der Waals surface area (Å²) in [7, 11) is 0. The van der Waals surface area contributed by atoms with Gasteiger partial charge in [0, 0.05) is 31.7 Å². The molecule has 4 heteroatoms. The van der Waals surface area contributed by atoms with Gasteiger partial charge >= 0.3 is 0 Å². The van der Waals surface area contributed by atoms with Crippen molar-refractivity contribution in [3.63, 3.8) is 0 Å². The predicted octanol–water partition coefficient (Wildman–Crippen LogP) is 2.09. The molecule has 0 saturated carbocycles. The maximum Gasteiger partial charge on any atom is 0.253 e. The molecule has 0 N–H and O–H groups in total. The van der Waals surface area contributed by atoms with Crippen molar-refractivity contribution in [2.45, 2.75) is 19.8 Å². The third-order valence-corrected chi connectivity index (χ3v) is 3.78. The van der Waals surface area contributed by atoms with Crippen molar-refractivity contribution in [1.29, 1.82) is 5.26 Å². The van der Waals surface area contributed by atoms with E-state index in [4.69, 9.17) is 5.26 Å². The molecule has 0 spiro atoms. The van der Waals surface area contributed by atoms with E-state index in [1.165, 1.54) is 5.56 Å². The fourth-order valence-electron chi connectivity index (χ4n) is 2.40. The number of carbonyl (C=O) groups excluding carboxylic acids is 1. The van der Waals surface area contributed by atoms with Crippen LogP contribution >= 0.6 is 0 Å². The summed E-state index contributed by atoms with van der Waals surface area (Å²) in [5, 5.41) is 8.67. The van der Waals surface area contributed by atoms with Crippen LogP contribution in [0.3, 0.4) is 0 Å². The number of rotatable bonds is 3.